The van der Waals surface area contributed by atoms with Crippen LogP contribution in [-0.4, -0.2) is 51.3 Å². The van der Waals surface area contributed by atoms with Crippen LogP contribution in [0.25, 0.3) is 0 Å². The van der Waals surface area contributed by atoms with Crippen molar-refractivity contribution in [3.63, 3.8) is 0 Å². The lowest BCUT2D eigenvalue weighted by atomic mass is 10.1. The first-order valence-electron chi connectivity index (χ1n) is 7.08. The number of aliphatic carboxylic acids is 3. The van der Waals surface area contributed by atoms with Crippen LogP contribution < -0.4 is 10.6 Å². The first kappa shape index (κ1) is 18.9. The Bertz CT molecular complexity index is 603. The average molecular weight is 338 g/mol. The van der Waals surface area contributed by atoms with Gasteiger partial charge in [-0.3, -0.25) is 4.79 Å². The highest BCUT2D eigenvalue weighted by Crippen LogP contribution is 2.04. The van der Waals surface area contributed by atoms with Gasteiger partial charge in [-0.05, 0) is 12.0 Å². The summed E-state index contributed by atoms with van der Waals surface area (Å²) in [6, 6.07) is 4.94. The van der Waals surface area contributed by atoms with Crippen LogP contribution in [0.3, 0.4) is 0 Å². The summed E-state index contributed by atoms with van der Waals surface area (Å²) in [6.45, 7) is 0. The number of rotatable bonds is 9. The largest absolute Gasteiger partial charge is 0.481 e. The number of nitrogens with one attached hydrogen (secondary N) is 2. The van der Waals surface area contributed by atoms with Crippen molar-refractivity contribution in [1.29, 1.82) is 0 Å². The smallest absolute Gasteiger partial charge is 0.326 e. The summed E-state index contributed by atoms with van der Waals surface area (Å²) in [7, 11) is 0. The second kappa shape index (κ2) is 9.13. The van der Waals surface area contributed by atoms with Gasteiger partial charge < -0.3 is 26.0 Å². The maximum absolute atomic E-state index is 11.8. The number of carboxylic acid groups (broad SMARTS) is 3. The van der Waals surface area contributed by atoms with Crippen molar-refractivity contribution in [2.45, 2.75) is 31.3 Å². The Kier molecular flexibility index (Phi) is 7.21. The molecular weight excluding hydrogens is 320 g/mol. The van der Waals surface area contributed by atoms with Crippen molar-refractivity contribution in [1.82, 2.24) is 10.6 Å². The van der Waals surface area contributed by atoms with E-state index in [9.17, 15) is 19.2 Å². The summed E-state index contributed by atoms with van der Waals surface area (Å²) in [5.74, 6) is -3.87. The molecule has 0 saturated carbocycles. The van der Waals surface area contributed by atoms with Crippen LogP contribution in [0.5, 0.6) is 0 Å². The second-order valence-corrected chi connectivity index (χ2v) is 5.02. The molecule has 0 aromatic heterocycles. The maximum Gasteiger partial charge on any atom is 0.326 e. The molecule has 0 aliphatic rings. The molecule has 0 fully saturated rings. The van der Waals surface area contributed by atoms with Crippen LogP contribution in [0.4, 0.5) is 4.79 Å². The molecule has 1 aromatic rings. The van der Waals surface area contributed by atoms with Crippen LogP contribution in [0.15, 0.2) is 30.3 Å². The Labute approximate surface area is 137 Å². The van der Waals surface area contributed by atoms with Gasteiger partial charge in [-0.25, -0.2) is 14.4 Å². The van der Waals surface area contributed by atoms with Gasteiger partial charge in [-0.2, -0.15) is 0 Å². The van der Waals surface area contributed by atoms with Gasteiger partial charge in [-0.15, -0.1) is 0 Å². The van der Waals surface area contributed by atoms with Gasteiger partial charge in [0, 0.05) is 12.8 Å². The third-order valence-corrected chi connectivity index (χ3v) is 3.14. The molecule has 2 unspecified atom stereocenters. The Morgan fingerprint density at radius 3 is 1.92 bits per heavy atom. The Morgan fingerprint density at radius 1 is 0.875 bits per heavy atom. The van der Waals surface area contributed by atoms with Gasteiger partial charge in [0.05, 0.1) is 0 Å². The van der Waals surface area contributed by atoms with Crippen molar-refractivity contribution < 1.29 is 34.5 Å². The van der Waals surface area contributed by atoms with E-state index in [1.54, 1.807) is 30.3 Å². The van der Waals surface area contributed by atoms with Crippen LogP contribution in [0, 0.1) is 0 Å². The van der Waals surface area contributed by atoms with Crippen molar-refractivity contribution in [3.8, 4) is 0 Å². The highest BCUT2D eigenvalue weighted by molar-refractivity contribution is 5.86. The molecule has 2 atom stereocenters. The molecule has 0 heterocycles. The fourth-order valence-electron chi connectivity index (χ4n) is 1.93. The number of carbonyl (C=O) groups is 4. The molecule has 0 radical (unpaired) electrons. The topological polar surface area (TPSA) is 153 Å². The lowest BCUT2D eigenvalue weighted by Gasteiger charge is -2.18. The molecule has 0 spiro atoms. The molecule has 0 saturated heterocycles. The third kappa shape index (κ3) is 6.77. The molecule has 130 valence electrons. The summed E-state index contributed by atoms with van der Waals surface area (Å²) in [6.07, 6.45) is -0.728. The minimum atomic E-state index is -1.42. The molecule has 2 amide bonds. The highest BCUT2D eigenvalue weighted by atomic mass is 16.4. The molecule has 0 aliphatic carbocycles. The second-order valence-electron chi connectivity index (χ2n) is 5.02. The van der Waals surface area contributed by atoms with Crippen LogP contribution in [0.1, 0.15) is 18.4 Å². The van der Waals surface area contributed by atoms with E-state index in [0.717, 1.165) is 0 Å². The average Bonchev–Trinajstić information content (AvgIpc) is 2.51. The molecule has 0 bridgehead atoms. The molecular formula is C15H18N2O7. The Balaban J connectivity index is 2.65. The van der Waals surface area contributed by atoms with Gasteiger partial charge in [0.15, 0.2) is 0 Å². The number of hydrogen-bond acceptors (Lipinski definition) is 4. The quantitative estimate of drug-likeness (QED) is 0.434. The van der Waals surface area contributed by atoms with Crippen molar-refractivity contribution in [2.24, 2.45) is 0 Å². The normalized spacial score (nSPS) is 12.7. The van der Waals surface area contributed by atoms with Crippen molar-refractivity contribution >= 4 is 23.9 Å². The zero-order valence-electron chi connectivity index (χ0n) is 12.6. The molecule has 9 heteroatoms. The van der Waals surface area contributed by atoms with Gasteiger partial charge in [0.2, 0.25) is 0 Å². The lowest BCUT2D eigenvalue weighted by Crippen LogP contribution is -2.51. The van der Waals surface area contributed by atoms with Gasteiger partial charge in [0.1, 0.15) is 12.1 Å². The van der Waals surface area contributed by atoms with E-state index in [1.807, 2.05) is 0 Å². The van der Waals surface area contributed by atoms with Gasteiger partial charge in [-0.1, -0.05) is 30.3 Å². The van der Waals surface area contributed by atoms with Crippen LogP contribution in [0.2, 0.25) is 0 Å². The number of benzene rings is 1. The summed E-state index contributed by atoms with van der Waals surface area (Å²) < 4.78 is 0. The SMILES string of the molecule is O=C(O)CCC(NC(=O)NC(Cc1ccccc1)C(=O)O)C(=O)O. The fraction of sp³-hybridized carbons (Fsp3) is 0.333. The van der Waals surface area contributed by atoms with Crippen molar-refractivity contribution in [2.75, 3.05) is 0 Å². The summed E-state index contributed by atoms with van der Waals surface area (Å²) >= 11 is 0. The van der Waals surface area contributed by atoms with E-state index in [4.69, 9.17) is 15.3 Å². The first-order valence-corrected chi connectivity index (χ1v) is 7.08. The predicted octanol–water partition coefficient (Wildman–Crippen LogP) is 0.299. The standard InChI is InChI=1S/C15H18N2O7/c18-12(19)7-6-10(13(20)21)16-15(24)17-11(14(22)23)8-9-4-2-1-3-5-9/h1-5,10-11H,6-8H2,(H,18,19)(H,20,21)(H,22,23)(H2,16,17,24). The van der Waals surface area contributed by atoms with E-state index in [0.29, 0.717) is 5.56 Å². The van der Waals surface area contributed by atoms with Gasteiger partial charge >= 0.3 is 23.9 Å². The lowest BCUT2D eigenvalue weighted by molar-refractivity contribution is -0.140. The molecule has 0 aliphatic heterocycles. The number of carbonyl (C=O) groups excluding carboxylic acids is 1. The van der Waals surface area contributed by atoms with Gasteiger partial charge in [0.25, 0.3) is 0 Å². The van der Waals surface area contributed by atoms with Crippen LogP contribution in [-0.2, 0) is 20.8 Å². The zero-order chi connectivity index (χ0) is 18.1. The van der Waals surface area contributed by atoms with E-state index in [1.165, 1.54) is 0 Å². The summed E-state index contributed by atoms with van der Waals surface area (Å²) in [5.41, 5.74) is 0.686. The fourth-order valence-corrected chi connectivity index (χ4v) is 1.93. The molecule has 1 aromatic carbocycles. The monoisotopic (exact) mass is 338 g/mol. The third-order valence-electron chi connectivity index (χ3n) is 3.14. The number of hydrogen-bond donors (Lipinski definition) is 5. The van der Waals surface area contributed by atoms with Crippen LogP contribution >= 0.6 is 0 Å². The summed E-state index contributed by atoms with van der Waals surface area (Å²) in [5, 5.41) is 30.9. The molecule has 24 heavy (non-hydrogen) atoms. The summed E-state index contributed by atoms with van der Waals surface area (Å²) in [4.78, 5) is 44.5. The number of carboxylic acids is 3. The highest BCUT2D eigenvalue weighted by Gasteiger charge is 2.25. The zero-order valence-corrected chi connectivity index (χ0v) is 12.6. The molecule has 1 rings (SSSR count). The Morgan fingerprint density at radius 2 is 1.42 bits per heavy atom. The molecule has 9 nitrogen and oxygen atoms in total. The minimum absolute atomic E-state index is 0.0243. The van der Waals surface area contributed by atoms with E-state index >= 15 is 0 Å². The Hall–Kier alpha value is -3.10. The maximum atomic E-state index is 11.8. The number of urea groups is 1. The van der Waals surface area contributed by atoms with E-state index in [-0.39, 0.29) is 12.8 Å². The first-order chi connectivity index (χ1) is 11.3. The molecule has 5 N–H and O–H groups in total. The minimum Gasteiger partial charge on any atom is -0.481 e. The van der Waals surface area contributed by atoms with E-state index in [2.05, 4.69) is 10.6 Å². The van der Waals surface area contributed by atoms with E-state index < -0.39 is 42.4 Å². The predicted molar refractivity (Wildman–Crippen MR) is 81.5 cm³/mol. The van der Waals surface area contributed by atoms with Crippen molar-refractivity contribution in [3.05, 3.63) is 35.9 Å². The number of amides is 2.